The molecule has 0 aromatic rings. The van der Waals surface area contributed by atoms with Crippen molar-refractivity contribution >= 4 is 17.5 Å². The zero-order chi connectivity index (χ0) is 9.23. The van der Waals surface area contributed by atoms with E-state index in [1.165, 1.54) is 12.3 Å². The topological polar surface area (TPSA) is 76.5 Å². The molecule has 0 spiro atoms. The van der Waals surface area contributed by atoms with E-state index in [9.17, 15) is 8.76 Å². The molecular formula is C6H12N3O2S-. The zero-order valence-corrected chi connectivity index (χ0v) is 7.63. The van der Waals surface area contributed by atoms with Gasteiger partial charge in [-0.2, -0.15) is 0 Å². The van der Waals surface area contributed by atoms with E-state index in [0.717, 1.165) is 13.0 Å². The van der Waals surface area contributed by atoms with Gasteiger partial charge in [0.05, 0.1) is 11.3 Å². The lowest BCUT2D eigenvalue weighted by Crippen LogP contribution is -2.27. The van der Waals surface area contributed by atoms with Gasteiger partial charge in [0.2, 0.25) is 0 Å². The number of hydrazine groups is 1. The second-order valence-electron chi connectivity index (χ2n) is 1.90. The first kappa shape index (κ1) is 11.3. The van der Waals surface area contributed by atoms with Crippen LogP contribution in [0.2, 0.25) is 0 Å². The predicted octanol–water partition coefficient (Wildman–Crippen LogP) is -0.131. The van der Waals surface area contributed by atoms with E-state index in [-0.39, 0.29) is 0 Å². The van der Waals surface area contributed by atoms with Crippen LogP contribution in [-0.2, 0) is 11.3 Å². The quantitative estimate of drug-likeness (QED) is 0.265. The number of rotatable bonds is 6. The minimum Gasteiger partial charge on any atom is -0.754 e. The lowest BCUT2D eigenvalue weighted by Gasteiger charge is -1.98. The molecule has 0 bridgehead atoms. The molecule has 6 heteroatoms. The second-order valence-corrected chi connectivity index (χ2v) is 2.55. The summed E-state index contributed by atoms with van der Waals surface area (Å²) < 4.78 is 22.8. The summed E-state index contributed by atoms with van der Waals surface area (Å²) in [5.41, 5.74) is 5.61. The van der Waals surface area contributed by atoms with Crippen LogP contribution in [0.5, 0.6) is 0 Å². The van der Waals surface area contributed by atoms with Gasteiger partial charge >= 0.3 is 0 Å². The van der Waals surface area contributed by atoms with Crippen LogP contribution in [0.1, 0.15) is 13.3 Å². The summed E-state index contributed by atoms with van der Waals surface area (Å²) >= 11 is -2.35. The molecule has 0 saturated heterocycles. The van der Waals surface area contributed by atoms with Crippen molar-refractivity contribution in [1.82, 2.24) is 10.9 Å². The van der Waals surface area contributed by atoms with Crippen molar-refractivity contribution in [2.45, 2.75) is 13.3 Å². The summed E-state index contributed by atoms with van der Waals surface area (Å²) in [6, 6.07) is 0. The van der Waals surface area contributed by atoms with Gasteiger partial charge in [-0.15, -0.1) is 0 Å². The highest BCUT2D eigenvalue weighted by Gasteiger charge is 1.73. The minimum atomic E-state index is -2.35. The molecule has 0 aliphatic carbocycles. The molecule has 1 atom stereocenters. The van der Waals surface area contributed by atoms with E-state index in [0.29, 0.717) is 0 Å². The molecule has 2 N–H and O–H groups in total. The van der Waals surface area contributed by atoms with E-state index in [1.807, 2.05) is 6.92 Å². The number of hydrogen-bond acceptors (Lipinski definition) is 4. The van der Waals surface area contributed by atoms with Gasteiger partial charge in [-0.3, -0.25) is 4.21 Å². The van der Waals surface area contributed by atoms with E-state index >= 15 is 0 Å². The SMILES string of the molecule is CCCNNC=CC=NS(=O)[O-]. The molecule has 5 nitrogen and oxygen atoms in total. The Morgan fingerprint density at radius 2 is 2.42 bits per heavy atom. The van der Waals surface area contributed by atoms with E-state index in [4.69, 9.17) is 0 Å². The molecule has 0 aromatic heterocycles. The lowest BCUT2D eigenvalue weighted by atomic mass is 10.5. The van der Waals surface area contributed by atoms with Crippen molar-refractivity contribution in [2.24, 2.45) is 4.40 Å². The number of hydrogen-bond donors (Lipinski definition) is 2. The molecule has 0 aliphatic rings. The average molecular weight is 190 g/mol. The second kappa shape index (κ2) is 8.38. The summed E-state index contributed by atoms with van der Waals surface area (Å²) in [4.78, 5) is 0. The van der Waals surface area contributed by atoms with E-state index < -0.39 is 11.3 Å². The molecule has 0 heterocycles. The average Bonchev–Trinajstić information content (AvgIpc) is 2.02. The van der Waals surface area contributed by atoms with Crippen molar-refractivity contribution in [3.8, 4) is 0 Å². The van der Waals surface area contributed by atoms with Crippen LogP contribution in [0, 0.1) is 0 Å². The van der Waals surface area contributed by atoms with Gasteiger partial charge < -0.3 is 9.98 Å². The molecule has 70 valence electrons. The van der Waals surface area contributed by atoms with Crippen molar-refractivity contribution < 1.29 is 8.76 Å². The van der Waals surface area contributed by atoms with Gasteiger partial charge in [-0.05, 0) is 12.5 Å². The highest BCUT2D eigenvalue weighted by molar-refractivity contribution is 7.77. The van der Waals surface area contributed by atoms with Crippen LogP contribution in [0.3, 0.4) is 0 Å². The van der Waals surface area contributed by atoms with Crippen LogP contribution in [-0.4, -0.2) is 21.5 Å². The van der Waals surface area contributed by atoms with Crippen molar-refractivity contribution in [1.29, 1.82) is 0 Å². The van der Waals surface area contributed by atoms with Crippen LogP contribution in [0.4, 0.5) is 0 Å². The first-order chi connectivity index (χ1) is 5.77. The molecule has 0 fully saturated rings. The van der Waals surface area contributed by atoms with E-state index in [2.05, 4.69) is 15.2 Å². The normalized spacial score (nSPS) is 14.2. The Morgan fingerprint density at radius 3 is 3.00 bits per heavy atom. The summed E-state index contributed by atoms with van der Waals surface area (Å²) in [5.74, 6) is 0. The highest BCUT2D eigenvalue weighted by Crippen LogP contribution is 1.72. The molecule has 0 radical (unpaired) electrons. The van der Waals surface area contributed by atoms with Gasteiger partial charge in [-0.1, -0.05) is 6.92 Å². The van der Waals surface area contributed by atoms with Gasteiger partial charge in [0.15, 0.2) is 0 Å². The summed E-state index contributed by atoms with van der Waals surface area (Å²) in [5, 5.41) is 0. The Labute approximate surface area is 74.4 Å². The Balaban J connectivity index is 3.31. The van der Waals surface area contributed by atoms with Crippen LogP contribution < -0.4 is 10.9 Å². The van der Waals surface area contributed by atoms with Gasteiger partial charge in [0.25, 0.3) is 0 Å². The van der Waals surface area contributed by atoms with Crippen LogP contribution >= 0.6 is 0 Å². The third-order valence-corrected chi connectivity index (χ3v) is 1.18. The van der Waals surface area contributed by atoms with Crippen molar-refractivity contribution in [2.75, 3.05) is 6.54 Å². The Kier molecular flexibility index (Phi) is 7.87. The molecular weight excluding hydrogens is 178 g/mol. The maximum Gasteiger partial charge on any atom is 0.0676 e. The molecule has 0 rings (SSSR count). The fourth-order valence-corrected chi connectivity index (χ4v) is 0.602. The molecule has 1 unspecified atom stereocenters. The Bertz CT molecular complexity index is 182. The highest BCUT2D eigenvalue weighted by atomic mass is 32.2. The van der Waals surface area contributed by atoms with Gasteiger partial charge in [-0.25, -0.2) is 9.82 Å². The fraction of sp³-hybridized carbons (Fsp3) is 0.500. The van der Waals surface area contributed by atoms with Gasteiger partial charge in [0.1, 0.15) is 0 Å². The summed E-state index contributed by atoms with van der Waals surface area (Å²) in [6.07, 6.45) is 5.26. The van der Waals surface area contributed by atoms with Crippen LogP contribution in [0.15, 0.2) is 16.7 Å². The molecule has 0 aromatic carbocycles. The van der Waals surface area contributed by atoms with Crippen LogP contribution in [0.25, 0.3) is 0 Å². The third kappa shape index (κ3) is 9.28. The Morgan fingerprint density at radius 1 is 1.67 bits per heavy atom. The van der Waals surface area contributed by atoms with Crippen molar-refractivity contribution in [3.05, 3.63) is 12.3 Å². The van der Waals surface area contributed by atoms with E-state index in [1.54, 1.807) is 6.20 Å². The summed E-state index contributed by atoms with van der Waals surface area (Å²) in [6.45, 7) is 2.90. The first-order valence-electron chi connectivity index (χ1n) is 3.54. The molecule has 12 heavy (non-hydrogen) atoms. The minimum absolute atomic E-state index is 0.856. The van der Waals surface area contributed by atoms with Crippen molar-refractivity contribution in [3.63, 3.8) is 0 Å². The molecule has 0 aliphatic heterocycles. The fourth-order valence-electron chi connectivity index (χ4n) is 0.432. The third-order valence-electron chi connectivity index (χ3n) is 0.890. The maximum absolute atomic E-state index is 9.87. The number of nitrogens with one attached hydrogen (secondary N) is 2. The standard InChI is InChI=1S/C6H13N3O2S/c1-2-4-7-8-5-3-6-9-12(10)11/h3,5-8H,2,4H2,1H3,(H,10,11)/p-1. The first-order valence-corrected chi connectivity index (χ1v) is 4.57. The Hall–Kier alpha value is -0.720. The molecule has 0 amide bonds. The largest absolute Gasteiger partial charge is 0.754 e. The number of nitrogens with zero attached hydrogens (tertiary/aromatic N) is 1. The monoisotopic (exact) mass is 190 g/mol. The molecule has 0 saturated carbocycles. The smallest absolute Gasteiger partial charge is 0.0676 e. The van der Waals surface area contributed by atoms with Gasteiger partial charge in [0, 0.05) is 19.0 Å². The zero-order valence-electron chi connectivity index (χ0n) is 6.82. The summed E-state index contributed by atoms with van der Waals surface area (Å²) in [7, 11) is 0. The maximum atomic E-state index is 9.87. The number of allylic oxidation sites excluding steroid dienone is 1. The predicted molar refractivity (Wildman–Crippen MR) is 48.0 cm³/mol. The lowest BCUT2D eigenvalue weighted by molar-refractivity contribution is 0.539.